The van der Waals surface area contributed by atoms with Crippen molar-refractivity contribution in [1.82, 2.24) is 10.6 Å². The third kappa shape index (κ3) is 4.32. The Hall–Kier alpha value is -2.41. The van der Waals surface area contributed by atoms with Crippen LogP contribution in [0.5, 0.6) is 0 Å². The molecule has 0 bridgehead atoms. The second-order valence-electron chi connectivity index (χ2n) is 6.42. The van der Waals surface area contributed by atoms with Crippen LogP contribution < -0.4 is 21.7 Å². The molecule has 1 unspecified atom stereocenters. The Balaban J connectivity index is 1.87. The molecule has 0 radical (unpaired) electrons. The van der Waals surface area contributed by atoms with Crippen LogP contribution in [0.2, 0.25) is 0 Å². The van der Waals surface area contributed by atoms with Gasteiger partial charge in [-0.15, -0.1) is 0 Å². The van der Waals surface area contributed by atoms with Gasteiger partial charge in [0.25, 0.3) is 0 Å². The number of anilines is 1. The van der Waals surface area contributed by atoms with Gasteiger partial charge < -0.3 is 21.7 Å². The van der Waals surface area contributed by atoms with Gasteiger partial charge >= 0.3 is 0 Å². The summed E-state index contributed by atoms with van der Waals surface area (Å²) in [7, 11) is 0. The zero-order valence-electron chi connectivity index (χ0n) is 14.2. The number of fused-ring (bicyclic) bond motifs is 1. The predicted molar refractivity (Wildman–Crippen MR) is 91.2 cm³/mol. The summed E-state index contributed by atoms with van der Waals surface area (Å²) in [6.07, 6.45) is 0.354. The van der Waals surface area contributed by atoms with Gasteiger partial charge in [-0.3, -0.25) is 14.4 Å². The molecule has 3 amide bonds. The standard InChI is InChI=1S/C17H24N4O3/c1-9(2)16(18)17(24)19-8-15(23)20-10(3)11-4-5-13-12(6-11)7-14(22)21-13/h4-6,9-10,16H,7-8,18H2,1-3H3,(H,19,24)(H,20,23)(H,21,22)/t10?,16-/m0/s1. The van der Waals surface area contributed by atoms with E-state index in [1.807, 2.05) is 39.0 Å². The van der Waals surface area contributed by atoms with Crippen molar-refractivity contribution in [2.24, 2.45) is 11.7 Å². The van der Waals surface area contributed by atoms with Crippen molar-refractivity contribution in [1.29, 1.82) is 0 Å². The predicted octanol–water partition coefficient (Wildman–Crippen LogP) is 0.458. The molecule has 7 heteroatoms. The summed E-state index contributed by atoms with van der Waals surface area (Å²) in [6.45, 7) is 5.43. The smallest absolute Gasteiger partial charge is 0.239 e. The number of nitrogens with one attached hydrogen (secondary N) is 3. The minimum atomic E-state index is -0.628. The monoisotopic (exact) mass is 332 g/mol. The average Bonchev–Trinajstić information content (AvgIpc) is 2.90. The molecule has 7 nitrogen and oxygen atoms in total. The van der Waals surface area contributed by atoms with Gasteiger partial charge in [-0.1, -0.05) is 26.0 Å². The summed E-state index contributed by atoms with van der Waals surface area (Å²) in [4.78, 5) is 35.1. The maximum Gasteiger partial charge on any atom is 0.239 e. The molecular weight excluding hydrogens is 308 g/mol. The molecule has 0 saturated carbocycles. The molecule has 1 heterocycles. The average molecular weight is 332 g/mol. The molecule has 0 aromatic heterocycles. The lowest BCUT2D eigenvalue weighted by Crippen LogP contribution is -2.47. The molecular formula is C17H24N4O3. The van der Waals surface area contributed by atoms with E-state index >= 15 is 0 Å². The Morgan fingerprint density at radius 3 is 2.67 bits per heavy atom. The van der Waals surface area contributed by atoms with Gasteiger partial charge in [-0.25, -0.2) is 0 Å². The maximum atomic E-state index is 12.0. The van der Waals surface area contributed by atoms with Crippen LogP contribution in [0.25, 0.3) is 0 Å². The van der Waals surface area contributed by atoms with Crippen molar-refractivity contribution < 1.29 is 14.4 Å². The van der Waals surface area contributed by atoms with Crippen LogP contribution in [-0.4, -0.2) is 30.3 Å². The van der Waals surface area contributed by atoms with Crippen LogP contribution in [0.1, 0.15) is 37.9 Å². The highest BCUT2D eigenvalue weighted by Gasteiger charge is 2.20. The Labute approximate surface area is 141 Å². The second kappa shape index (κ2) is 7.44. The second-order valence-corrected chi connectivity index (χ2v) is 6.42. The van der Waals surface area contributed by atoms with Crippen molar-refractivity contribution >= 4 is 23.4 Å². The fourth-order valence-electron chi connectivity index (χ4n) is 2.48. The molecule has 0 spiro atoms. The molecule has 2 rings (SSSR count). The molecule has 0 fully saturated rings. The number of benzene rings is 1. The molecule has 5 N–H and O–H groups in total. The van der Waals surface area contributed by atoms with Crippen molar-refractivity contribution in [2.75, 3.05) is 11.9 Å². The number of amides is 3. The van der Waals surface area contributed by atoms with Crippen LogP contribution in [-0.2, 0) is 20.8 Å². The fourth-order valence-corrected chi connectivity index (χ4v) is 2.48. The zero-order chi connectivity index (χ0) is 17.9. The highest BCUT2D eigenvalue weighted by Crippen LogP contribution is 2.26. The molecule has 1 aliphatic heterocycles. The first kappa shape index (κ1) is 17.9. The normalized spacial score (nSPS) is 15.5. The van der Waals surface area contributed by atoms with Gasteiger partial charge in [0.2, 0.25) is 17.7 Å². The van der Waals surface area contributed by atoms with E-state index in [0.29, 0.717) is 6.42 Å². The van der Waals surface area contributed by atoms with Gasteiger partial charge in [-0.2, -0.15) is 0 Å². The van der Waals surface area contributed by atoms with E-state index in [2.05, 4.69) is 16.0 Å². The summed E-state index contributed by atoms with van der Waals surface area (Å²) in [6, 6.07) is 4.75. The van der Waals surface area contributed by atoms with Gasteiger partial charge in [0, 0.05) is 5.69 Å². The molecule has 24 heavy (non-hydrogen) atoms. The molecule has 1 aliphatic rings. The highest BCUT2D eigenvalue weighted by molar-refractivity contribution is 5.99. The zero-order valence-corrected chi connectivity index (χ0v) is 14.2. The third-order valence-electron chi connectivity index (χ3n) is 4.08. The highest BCUT2D eigenvalue weighted by atomic mass is 16.2. The van der Waals surface area contributed by atoms with E-state index < -0.39 is 6.04 Å². The van der Waals surface area contributed by atoms with E-state index in [9.17, 15) is 14.4 Å². The summed E-state index contributed by atoms with van der Waals surface area (Å²) in [5, 5.41) is 8.13. The largest absolute Gasteiger partial charge is 0.348 e. The Morgan fingerprint density at radius 2 is 2.00 bits per heavy atom. The Kier molecular flexibility index (Phi) is 5.56. The number of nitrogens with two attached hydrogens (primary N) is 1. The SMILES string of the molecule is CC(NC(=O)CNC(=O)[C@@H](N)C(C)C)c1ccc2c(c1)CC(=O)N2. The maximum absolute atomic E-state index is 12.0. The Bertz CT molecular complexity index is 657. The van der Waals surface area contributed by atoms with E-state index in [-0.39, 0.29) is 36.2 Å². The topological polar surface area (TPSA) is 113 Å². The summed E-state index contributed by atoms with van der Waals surface area (Å²) < 4.78 is 0. The summed E-state index contributed by atoms with van der Waals surface area (Å²) in [5.41, 5.74) is 8.37. The third-order valence-corrected chi connectivity index (χ3v) is 4.08. The first-order chi connectivity index (χ1) is 11.3. The minimum absolute atomic E-state index is 0.00900. The van der Waals surface area contributed by atoms with Crippen molar-refractivity contribution in [2.45, 2.75) is 39.3 Å². The lowest BCUT2D eigenvalue weighted by molar-refractivity contribution is -0.127. The molecule has 130 valence electrons. The number of carbonyl (C=O) groups is 3. The first-order valence-electron chi connectivity index (χ1n) is 8.03. The molecule has 1 aromatic rings. The van der Waals surface area contributed by atoms with Crippen molar-refractivity contribution in [3.05, 3.63) is 29.3 Å². The molecule has 0 aliphatic carbocycles. The molecule has 2 atom stereocenters. The van der Waals surface area contributed by atoms with Crippen LogP contribution in [0.3, 0.4) is 0 Å². The van der Waals surface area contributed by atoms with Gasteiger partial charge in [0.15, 0.2) is 0 Å². The van der Waals surface area contributed by atoms with E-state index in [0.717, 1.165) is 16.8 Å². The van der Waals surface area contributed by atoms with Gasteiger partial charge in [0.05, 0.1) is 25.0 Å². The summed E-state index contributed by atoms with van der Waals surface area (Å²) >= 11 is 0. The van der Waals surface area contributed by atoms with Crippen molar-refractivity contribution in [3.8, 4) is 0 Å². The number of carbonyl (C=O) groups excluding carboxylic acids is 3. The van der Waals surface area contributed by atoms with E-state index in [4.69, 9.17) is 5.73 Å². The van der Waals surface area contributed by atoms with E-state index in [1.165, 1.54) is 0 Å². The quantitative estimate of drug-likeness (QED) is 0.606. The number of hydrogen-bond acceptors (Lipinski definition) is 4. The van der Waals surface area contributed by atoms with Crippen LogP contribution >= 0.6 is 0 Å². The van der Waals surface area contributed by atoms with E-state index in [1.54, 1.807) is 0 Å². The molecule has 0 saturated heterocycles. The fraction of sp³-hybridized carbons (Fsp3) is 0.471. The number of hydrogen-bond donors (Lipinski definition) is 4. The lowest BCUT2D eigenvalue weighted by atomic mass is 10.0. The Morgan fingerprint density at radius 1 is 1.29 bits per heavy atom. The number of rotatable bonds is 6. The van der Waals surface area contributed by atoms with Crippen LogP contribution in [0.15, 0.2) is 18.2 Å². The van der Waals surface area contributed by atoms with Crippen LogP contribution in [0, 0.1) is 5.92 Å². The van der Waals surface area contributed by atoms with Gasteiger partial charge in [-0.05, 0) is 30.0 Å². The first-order valence-corrected chi connectivity index (χ1v) is 8.03. The van der Waals surface area contributed by atoms with Crippen molar-refractivity contribution in [3.63, 3.8) is 0 Å². The van der Waals surface area contributed by atoms with Crippen LogP contribution in [0.4, 0.5) is 5.69 Å². The minimum Gasteiger partial charge on any atom is -0.348 e. The van der Waals surface area contributed by atoms with Gasteiger partial charge in [0.1, 0.15) is 0 Å². The molecule has 1 aromatic carbocycles. The summed E-state index contributed by atoms with van der Waals surface area (Å²) in [5.74, 6) is -0.644. The lowest BCUT2D eigenvalue weighted by Gasteiger charge is -2.17.